The fraction of sp³-hybridized carbons (Fsp3) is 0.172. The van der Waals surface area contributed by atoms with Gasteiger partial charge in [-0.25, -0.2) is 15.0 Å². The fourth-order valence-electron chi connectivity index (χ4n) is 12.5. The Balaban J connectivity index is 0.856. The van der Waals surface area contributed by atoms with Gasteiger partial charge in [-0.15, -0.1) is 0 Å². The summed E-state index contributed by atoms with van der Waals surface area (Å²) >= 11 is 0. The Morgan fingerprint density at radius 1 is 0.355 bits per heavy atom. The summed E-state index contributed by atoms with van der Waals surface area (Å²) in [5.74, 6) is 5.35. The molecule has 296 valence electrons. The molecule has 4 nitrogen and oxygen atoms in total. The molecule has 0 amide bonds. The molecule has 7 aromatic carbocycles. The van der Waals surface area contributed by atoms with Gasteiger partial charge in [-0.05, 0) is 130 Å². The van der Waals surface area contributed by atoms with Crippen LogP contribution in [-0.4, -0.2) is 19.9 Å². The fourth-order valence-corrected chi connectivity index (χ4v) is 12.5. The third-order valence-electron chi connectivity index (χ3n) is 15.0. The normalized spacial score (nSPS) is 21.6. The van der Waals surface area contributed by atoms with Crippen molar-refractivity contribution in [2.24, 2.45) is 23.7 Å². The molecule has 0 saturated heterocycles. The van der Waals surface area contributed by atoms with Gasteiger partial charge in [-0.2, -0.15) is 0 Å². The Bertz CT molecular complexity index is 3170. The molecule has 4 heteroatoms. The van der Waals surface area contributed by atoms with Crippen LogP contribution in [0.1, 0.15) is 43.2 Å². The zero-order chi connectivity index (χ0) is 40.8. The number of aromatic nitrogens is 4. The third kappa shape index (κ3) is 5.59. The molecule has 0 aliphatic heterocycles. The molecule has 0 N–H and O–H groups in total. The second-order valence-electron chi connectivity index (χ2n) is 18.3. The zero-order valence-corrected chi connectivity index (χ0v) is 34.5. The maximum absolute atomic E-state index is 5.13. The highest BCUT2D eigenvalue weighted by molar-refractivity contribution is 5.94. The van der Waals surface area contributed by atoms with Crippen LogP contribution in [0.2, 0.25) is 0 Å². The minimum absolute atomic E-state index is 0.189. The van der Waals surface area contributed by atoms with E-state index in [4.69, 9.17) is 19.9 Å². The molecule has 0 atom stereocenters. The first-order valence-electron chi connectivity index (χ1n) is 22.4. The molecule has 4 fully saturated rings. The highest BCUT2D eigenvalue weighted by Crippen LogP contribution is 2.69. The number of nitrogens with zero attached hydrogens (tertiary/aromatic N) is 4. The summed E-state index contributed by atoms with van der Waals surface area (Å²) < 4.78 is 0. The van der Waals surface area contributed by atoms with Crippen molar-refractivity contribution in [2.75, 3.05) is 0 Å². The van der Waals surface area contributed by atoms with E-state index in [0.29, 0.717) is 17.5 Å². The lowest BCUT2D eigenvalue weighted by molar-refractivity contribution is -0.0399. The molecule has 2 aromatic heterocycles. The summed E-state index contributed by atoms with van der Waals surface area (Å²) in [6.45, 7) is 0. The zero-order valence-electron chi connectivity index (χ0n) is 34.5. The molecular formula is C58H44N4. The van der Waals surface area contributed by atoms with Crippen LogP contribution in [0.25, 0.3) is 89.6 Å². The van der Waals surface area contributed by atoms with Gasteiger partial charge in [-0.3, -0.25) is 4.98 Å². The van der Waals surface area contributed by atoms with Crippen molar-refractivity contribution in [3.8, 4) is 78.7 Å². The van der Waals surface area contributed by atoms with Crippen LogP contribution >= 0.6 is 0 Å². The van der Waals surface area contributed by atoms with Crippen molar-refractivity contribution in [3.05, 3.63) is 193 Å². The van der Waals surface area contributed by atoms with Crippen LogP contribution in [0.3, 0.4) is 0 Å². The SMILES string of the molecule is c1ccc(-c2nc(-c3ccc(-c4cccc5cccnc45)cc3)nc(-c3cccc(-c4cccc(-c5ccc6c(c5)-c5ccccc5C65C6CC7CC(C6)CC5C7)c4)c3)n2)cc1. The number of pyridine rings is 1. The second-order valence-corrected chi connectivity index (χ2v) is 18.3. The van der Waals surface area contributed by atoms with Gasteiger partial charge < -0.3 is 0 Å². The summed E-state index contributed by atoms with van der Waals surface area (Å²) in [6.07, 6.45) is 8.94. The number of rotatable bonds is 6. The van der Waals surface area contributed by atoms with E-state index in [0.717, 1.165) is 68.0 Å². The highest BCUT2D eigenvalue weighted by Gasteiger charge is 2.61. The largest absolute Gasteiger partial charge is 0.256 e. The van der Waals surface area contributed by atoms with Gasteiger partial charge in [0.25, 0.3) is 0 Å². The molecule has 5 aliphatic carbocycles. The molecule has 5 aliphatic rings. The van der Waals surface area contributed by atoms with Crippen molar-refractivity contribution in [3.63, 3.8) is 0 Å². The van der Waals surface area contributed by atoms with Crippen molar-refractivity contribution in [1.29, 1.82) is 0 Å². The Morgan fingerprint density at radius 3 is 1.58 bits per heavy atom. The molecule has 62 heavy (non-hydrogen) atoms. The summed E-state index contributed by atoms with van der Waals surface area (Å²) in [7, 11) is 0. The van der Waals surface area contributed by atoms with Gasteiger partial charge in [-0.1, -0.05) is 152 Å². The lowest BCUT2D eigenvalue weighted by Crippen LogP contribution is -2.55. The predicted octanol–water partition coefficient (Wildman–Crippen LogP) is 14.1. The summed E-state index contributed by atoms with van der Waals surface area (Å²) in [6, 6.07) is 63.6. The molecule has 4 bridgehead atoms. The minimum atomic E-state index is 0.189. The van der Waals surface area contributed by atoms with Crippen LogP contribution in [0.4, 0.5) is 0 Å². The number of hydrogen-bond donors (Lipinski definition) is 0. The van der Waals surface area contributed by atoms with Gasteiger partial charge in [0, 0.05) is 39.3 Å². The first-order valence-corrected chi connectivity index (χ1v) is 22.4. The highest BCUT2D eigenvalue weighted by atomic mass is 15.0. The van der Waals surface area contributed by atoms with Gasteiger partial charge in [0.2, 0.25) is 0 Å². The summed E-state index contributed by atoms with van der Waals surface area (Å²) in [5, 5.41) is 1.12. The Morgan fingerprint density at radius 2 is 0.855 bits per heavy atom. The topological polar surface area (TPSA) is 51.6 Å². The molecule has 0 radical (unpaired) electrons. The number of para-hydroxylation sites is 1. The smallest absolute Gasteiger partial charge is 0.164 e. The van der Waals surface area contributed by atoms with E-state index in [9.17, 15) is 0 Å². The van der Waals surface area contributed by atoms with E-state index in [1.807, 2.05) is 30.5 Å². The number of hydrogen-bond acceptors (Lipinski definition) is 4. The van der Waals surface area contributed by atoms with E-state index in [2.05, 4.69) is 152 Å². The average molecular weight is 797 g/mol. The summed E-state index contributed by atoms with van der Waals surface area (Å²) in [5.41, 5.74) is 17.1. The molecular weight excluding hydrogens is 753 g/mol. The van der Waals surface area contributed by atoms with Gasteiger partial charge in [0.05, 0.1) is 5.52 Å². The van der Waals surface area contributed by atoms with Crippen molar-refractivity contribution >= 4 is 10.9 Å². The van der Waals surface area contributed by atoms with Crippen LogP contribution in [0.15, 0.2) is 182 Å². The lowest BCUT2D eigenvalue weighted by Gasteiger charge is -2.61. The Hall–Kier alpha value is -7.04. The molecule has 9 aromatic rings. The maximum atomic E-state index is 5.13. The Labute approximate surface area is 362 Å². The van der Waals surface area contributed by atoms with Gasteiger partial charge >= 0.3 is 0 Å². The van der Waals surface area contributed by atoms with E-state index >= 15 is 0 Å². The third-order valence-corrected chi connectivity index (χ3v) is 15.0. The standard InChI is InChI=1S/C58H44N4/c1-2-10-40(11-3-1)55-60-56(41-23-21-38(22-24-41)49-19-8-12-39-17-9-27-59-54(39)49)62-57(61-55)46-16-7-15-44(34-46)42-13-6-14-43(33-42)45-25-26-53-51(35-45)50-18-4-5-20-52(50)58(53)47-29-36-28-37(31-47)32-48(58)30-36/h1-27,33-37,47-48H,28-32H2. The van der Waals surface area contributed by atoms with Crippen LogP contribution in [0, 0.1) is 23.7 Å². The van der Waals surface area contributed by atoms with Crippen LogP contribution in [-0.2, 0) is 5.41 Å². The molecule has 14 rings (SSSR count). The molecule has 4 saturated carbocycles. The van der Waals surface area contributed by atoms with E-state index in [-0.39, 0.29) is 5.41 Å². The predicted molar refractivity (Wildman–Crippen MR) is 251 cm³/mol. The monoisotopic (exact) mass is 796 g/mol. The molecule has 1 spiro atoms. The number of fused-ring (bicyclic) bond motifs is 4. The quantitative estimate of drug-likeness (QED) is 0.168. The second kappa shape index (κ2) is 14.0. The minimum Gasteiger partial charge on any atom is -0.256 e. The lowest BCUT2D eigenvalue weighted by atomic mass is 9.43. The average Bonchev–Trinajstić information content (AvgIpc) is 3.63. The van der Waals surface area contributed by atoms with Crippen molar-refractivity contribution in [1.82, 2.24) is 19.9 Å². The maximum Gasteiger partial charge on any atom is 0.164 e. The van der Waals surface area contributed by atoms with E-state index in [1.165, 1.54) is 59.9 Å². The summed E-state index contributed by atoms with van der Waals surface area (Å²) in [4.78, 5) is 19.9. The van der Waals surface area contributed by atoms with E-state index in [1.54, 1.807) is 11.1 Å². The van der Waals surface area contributed by atoms with Crippen molar-refractivity contribution < 1.29 is 0 Å². The number of benzene rings is 7. The molecule has 2 heterocycles. The van der Waals surface area contributed by atoms with Crippen LogP contribution < -0.4 is 0 Å². The van der Waals surface area contributed by atoms with Gasteiger partial charge in [0.1, 0.15) is 0 Å². The first-order chi connectivity index (χ1) is 30.7. The van der Waals surface area contributed by atoms with Crippen LogP contribution in [0.5, 0.6) is 0 Å². The van der Waals surface area contributed by atoms with E-state index < -0.39 is 0 Å². The van der Waals surface area contributed by atoms with Crippen molar-refractivity contribution in [2.45, 2.75) is 37.5 Å². The Kier molecular flexibility index (Phi) is 8.06. The molecule has 0 unspecified atom stereocenters. The van der Waals surface area contributed by atoms with Gasteiger partial charge in [0.15, 0.2) is 17.5 Å². The first kappa shape index (κ1) is 35.7.